The molecule has 5 heteroatoms. The fourth-order valence-electron chi connectivity index (χ4n) is 0.793. The van der Waals surface area contributed by atoms with Gasteiger partial charge in [-0.2, -0.15) is 8.78 Å². The summed E-state index contributed by atoms with van der Waals surface area (Å²) in [6.45, 7) is -1.17. The Labute approximate surface area is 84.2 Å². The van der Waals surface area contributed by atoms with Crippen LogP contribution in [0.3, 0.4) is 0 Å². The highest BCUT2D eigenvalue weighted by Gasteiger charge is 2.08. The van der Waals surface area contributed by atoms with E-state index in [0.717, 1.165) is 0 Å². The Morgan fingerprint density at radius 2 is 1.69 bits per heavy atom. The van der Waals surface area contributed by atoms with Crippen molar-refractivity contribution in [3.63, 3.8) is 0 Å². The molecule has 0 bridgehead atoms. The lowest BCUT2D eigenvalue weighted by atomic mass is 10.2. The third kappa shape index (κ3) is 2.71. The van der Waals surface area contributed by atoms with Crippen LogP contribution >= 0.6 is 23.2 Å². The zero-order chi connectivity index (χ0) is 10.0. The third-order valence-corrected chi connectivity index (χ3v) is 2.26. The quantitative estimate of drug-likeness (QED) is 0.744. The van der Waals surface area contributed by atoms with Crippen molar-refractivity contribution in [3.05, 3.63) is 27.7 Å². The van der Waals surface area contributed by atoms with Crippen LogP contribution in [0.1, 0.15) is 5.56 Å². The molecule has 0 spiro atoms. The van der Waals surface area contributed by atoms with Gasteiger partial charge in [-0.3, -0.25) is 0 Å². The van der Waals surface area contributed by atoms with Gasteiger partial charge in [0.1, 0.15) is 5.75 Å². The normalized spacial score (nSPS) is 10.6. The lowest BCUT2D eigenvalue weighted by Crippen LogP contribution is -2.01. The minimum Gasteiger partial charge on any atom is -0.435 e. The number of rotatable bonds is 2. The first-order chi connectivity index (χ1) is 6.00. The first kappa shape index (κ1) is 10.5. The van der Waals surface area contributed by atoms with Crippen molar-refractivity contribution in [2.75, 3.05) is 0 Å². The first-order valence-electron chi connectivity index (χ1n) is 3.41. The maximum absolute atomic E-state index is 11.8. The highest BCUT2D eigenvalue weighted by atomic mass is 35.5. The van der Waals surface area contributed by atoms with Crippen LogP contribution in [-0.2, 0) is 0 Å². The van der Waals surface area contributed by atoms with Crippen molar-refractivity contribution >= 4 is 23.2 Å². The van der Waals surface area contributed by atoms with Gasteiger partial charge >= 0.3 is 6.61 Å². The Balaban J connectivity index is 2.99. The van der Waals surface area contributed by atoms with Gasteiger partial charge in [-0.05, 0) is 24.6 Å². The number of alkyl halides is 2. The van der Waals surface area contributed by atoms with E-state index in [1.807, 2.05) is 0 Å². The smallest absolute Gasteiger partial charge is 0.387 e. The highest BCUT2D eigenvalue weighted by molar-refractivity contribution is 6.36. The second-order valence-corrected chi connectivity index (χ2v) is 3.20. The van der Waals surface area contributed by atoms with Gasteiger partial charge in [-0.1, -0.05) is 23.2 Å². The highest BCUT2D eigenvalue weighted by Crippen LogP contribution is 2.29. The van der Waals surface area contributed by atoms with Crippen LogP contribution in [0, 0.1) is 6.92 Å². The predicted octanol–water partition coefficient (Wildman–Crippen LogP) is 3.90. The number of halogens is 4. The average molecular weight is 227 g/mol. The van der Waals surface area contributed by atoms with Crippen molar-refractivity contribution in [2.45, 2.75) is 13.5 Å². The van der Waals surface area contributed by atoms with E-state index in [2.05, 4.69) is 4.74 Å². The summed E-state index contributed by atoms with van der Waals surface area (Å²) in [6, 6.07) is 2.60. The van der Waals surface area contributed by atoms with Crippen molar-refractivity contribution in [1.82, 2.24) is 0 Å². The summed E-state index contributed by atoms with van der Waals surface area (Å²) < 4.78 is 27.7. The zero-order valence-electron chi connectivity index (χ0n) is 6.65. The van der Waals surface area contributed by atoms with Gasteiger partial charge in [0, 0.05) is 10.0 Å². The van der Waals surface area contributed by atoms with Gasteiger partial charge in [0.2, 0.25) is 0 Å². The molecule has 0 aromatic heterocycles. The van der Waals surface area contributed by atoms with Crippen LogP contribution in [0.15, 0.2) is 12.1 Å². The molecule has 0 unspecified atom stereocenters. The molecule has 1 nitrogen and oxygen atoms in total. The summed E-state index contributed by atoms with van der Waals surface area (Å²) in [5.41, 5.74) is 0.643. The summed E-state index contributed by atoms with van der Waals surface area (Å²) in [4.78, 5) is 0. The van der Waals surface area contributed by atoms with Gasteiger partial charge in [-0.25, -0.2) is 0 Å². The van der Waals surface area contributed by atoms with Crippen LogP contribution in [0.5, 0.6) is 5.75 Å². The van der Waals surface area contributed by atoms with Gasteiger partial charge in [0.25, 0.3) is 0 Å². The number of hydrogen-bond acceptors (Lipinski definition) is 1. The lowest BCUT2D eigenvalue weighted by molar-refractivity contribution is -0.0498. The van der Waals surface area contributed by atoms with E-state index in [4.69, 9.17) is 23.2 Å². The standard InChI is InChI=1S/C8H6Cl2F2O/c1-4-6(9)2-5(3-7(4)10)13-8(11)12/h2-3,8H,1H3. The molecule has 72 valence electrons. The fourth-order valence-corrected chi connectivity index (χ4v) is 1.26. The van der Waals surface area contributed by atoms with E-state index in [1.54, 1.807) is 6.92 Å². The second kappa shape index (κ2) is 4.11. The maximum atomic E-state index is 11.8. The molecule has 1 rings (SSSR count). The van der Waals surface area contributed by atoms with Crippen molar-refractivity contribution < 1.29 is 13.5 Å². The van der Waals surface area contributed by atoms with E-state index in [9.17, 15) is 8.78 Å². The first-order valence-corrected chi connectivity index (χ1v) is 4.16. The molecule has 0 aliphatic rings. The molecule has 0 radical (unpaired) electrons. The Hall–Kier alpha value is -0.540. The molecule has 0 saturated heterocycles. The molecule has 0 aliphatic heterocycles. The number of ether oxygens (including phenoxy) is 1. The SMILES string of the molecule is Cc1c(Cl)cc(OC(F)F)cc1Cl. The topological polar surface area (TPSA) is 9.23 Å². The second-order valence-electron chi connectivity index (χ2n) is 2.39. The number of hydrogen-bond donors (Lipinski definition) is 0. The summed E-state index contributed by atoms with van der Waals surface area (Å²) in [5.74, 6) is -0.0319. The minimum atomic E-state index is -2.87. The van der Waals surface area contributed by atoms with Gasteiger partial charge in [0.05, 0.1) is 0 Å². The molecule has 0 amide bonds. The summed E-state index contributed by atoms with van der Waals surface area (Å²) in [5, 5.41) is 0.617. The van der Waals surface area contributed by atoms with Crippen LogP contribution in [0.2, 0.25) is 10.0 Å². The molecule has 0 N–H and O–H groups in total. The third-order valence-electron chi connectivity index (χ3n) is 1.48. The van der Waals surface area contributed by atoms with Crippen LogP contribution in [0.25, 0.3) is 0 Å². The maximum Gasteiger partial charge on any atom is 0.387 e. The molecule has 0 atom stereocenters. The van der Waals surface area contributed by atoms with Crippen LogP contribution in [0.4, 0.5) is 8.78 Å². The van der Waals surface area contributed by atoms with Crippen LogP contribution < -0.4 is 4.74 Å². The Kier molecular flexibility index (Phi) is 3.33. The van der Waals surface area contributed by atoms with E-state index in [1.165, 1.54) is 12.1 Å². The molecular weight excluding hydrogens is 221 g/mol. The monoisotopic (exact) mass is 226 g/mol. The molecular formula is C8H6Cl2F2O. The van der Waals surface area contributed by atoms with Crippen molar-refractivity contribution in [3.8, 4) is 5.75 Å². The Bertz CT molecular complexity index is 292. The molecule has 0 saturated carbocycles. The molecule has 0 aliphatic carbocycles. The van der Waals surface area contributed by atoms with Crippen molar-refractivity contribution in [2.24, 2.45) is 0 Å². The van der Waals surface area contributed by atoms with Gasteiger partial charge < -0.3 is 4.74 Å². The summed E-state index contributed by atoms with van der Waals surface area (Å²) in [7, 11) is 0. The van der Waals surface area contributed by atoms with E-state index < -0.39 is 6.61 Å². The minimum absolute atomic E-state index is 0.0319. The van der Waals surface area contributed by atoms with Gasteiger partial charge in [0.15, 0.2) is 0 Å². The summed E-state index contributed by atoms with van der Waals surface area (Å²) >= 11 is 11.4. The average Bonchev–Trinajstić information content (AvgIpc) is 1.98. The van der Waals surface area contributed by atoms with E-state index in [0.29, 0.717) is 15.6 Å². The number of benzene rings is 1. The Morgan fingerprint density at radius 1 is 1.23 bits per heavy atom. The lowest BCUT2D eigenvalue weighted by Gasteiger charge is -2.07. The zero-order valence-corrected chi connectivity index (χ0v) is 8.16. The van der Waals surface area contributed by atoms with E-state index in [-0.39, 0.29) is 5.75 Å². The fraction of sp³-hybridized carbons (Fsp3) is 0.250. The van der Waals surface area contributed by atoms with Gasteiger partial charge in [-0.15, -0.1) is 0 Å². The molecule has 13 heavy (non-hydrogen) atoms. The van der Waals surface area contributed by atoms with Crippen LogP contribution in [-0.4, -0.2) is 6.61 Å². The van der Waals surface area contributed by atoms with E-state index >= 15 is 0 Å². The largest absolute Gasteiger partial charge is 0.435 e. The predicted molar refractivity (Wildman–Crippen MR) is 47.8 cm³/mol. The molecule has 1 aromatic carbocycles. The molecule has 0 heterocycles. The summed E-state index contributed by atoms with van der Waals surface area (Å²) in [6.07, 6.45) is 0. The molecule has 0 fully saturated rings. The Morgan fingerprint density at radius 3 is 2.08 bits per heavy atom. The molecule has 1 aromatic rings. The van der Waals surface area contributed by atoms with Crippen molar-refractivity contribution in [1.29, 1.82) is 0 Å².